The summed E-state index contributed by atoms with van der Waals surface area (Å²) in [4.78, 5) is 0. The summed E-state index contributed by atoms with van der Waals surface area (Å²) >= 11 is 0. The van der Waals surface area contributed by atoms with Gasteiger partial charge in [0.25, 0.3) is 0 Å². The van der Waals surface area contributed by atoms with E-state index in [9.17, 15) is 0 Å². The Morgan fingerprint density at radius 2 is 1.40 bits per heavy atom. The number of hydrogen-bond donors (Lipinski definition) is 1. The minimum Gasteiger partial charge on any atom is -0.399 e. The number of nitrogens with two attached hydrogens (primary N) is 1. The van der Waals surface area contributed by atoms with Crippen molar-refractivity contribution in [1.29, 1.82) is 0 Å². The van der Waals surface area contributed by atoms with Crippen molar-refractivity contribution in [2.45, 2.75) is 13.8 Å². The summed E-state index contributed by atoms with van der Waals surface area (Å²) in [5.41, 5.74) is 11.5. The monoisotopic (exact) mass is 197 g/mol. The highest BCUT2D eigenvalue weighted by atomic mass is 14.5. The quantitative estimate of drug-likeness (QED) is 0.695. The van der Waals surface area contributed by atoms with Gasteiger partial charge in [-0.25, -0.2) is 0 Å². The molecule has 0 saturated carbocycles. The van der Waals surface area contributed by atoms with Crippen molar-refractivity contribution in [3.63, 3.8) is 0 Å². The first-order chi connectivity index (χ1) is 7.16. The van der Waals surface area contributed by atoms with Crippen LogP contribution < -0.4 is 5.73 Å². The summed E-state index contributed by atoms with van der Waals surface area (Å²) in [7, 11) is 0. The molecule has 0 amide bonds. The maximum Gasteiger partial charge on any atom is 0.0344 e. The largest absolute Gasteiger partial charge is 0.399 e. The van der Waals surface area contributed by atoms with Crippen LogP contribution in [-0.2, 0) is 0 Å². The van der Waals surface area contributed by atoms with Crippen LogP contribution >= 0.6 is 0 Å². The van der Waals surface area contributed by atoms with Crippen LogP contribution in [0.1, 0.15) is 11.1 Å². The molecular weight excluding hydrogens is 182 g/mol. The summed E-state index contributed by atoms with van der Waals surface area (Å²) in [6.45, 7) is 4.13. The molecule has 0 fully saturated rings. The second-order valence-corrected chi connectivity index (χ2v) is 3.94. The minimum absolute atomic E-state index is 0.853. The zero-order valence-corrected chi connectivity index (χ0v) is 9.12. The highest BCUT2D eigenvalue weighted by molar-refractivity contribution is 5.67. The van der Waals surface area contributed by atoms with E-state index >= 15 is 0 Å². The third-order valence-corrected chi connectivity index (χ3v) is 2.65. The molecule has 0 atom stereocenters. The Labute approximate surface area is 90.6 Å². The first kappa shape index (κ1) is 9.78. The van der Waals surface area contributed by atoms with E-state index in [1.807, 2.05) is 13.0 Å². The highest BCUT2D eigenvalue weighted by Gasteiger charge is 1.99. The van der Waals surface area contributed by atoms with Crippen molar-refractivity contribution < 1.29 is 0 Å². The van der Waals surface area contributed by atoms with Crippen molar-refractivity contribution in [3.05, 3.63) is 53.6 Å². The van der Waals surface area contributed by atoms with Gasteiger partial charge in [-0.15, -0.1) is 0 Å². The number of nitrogen functional groups attached to an aromatic ring is 1. The zero-order valence-electron chi connectivity index (χ0n) is 9.12. The first-order valence-corrected chi connectivity index (χ1v) is 5.10. The van der Waals surface area contributed by atoms with Crippen molar-refractivity contribution in [1.82, 2.24) is 0 Å². The summed E-state index contributed by atoms with van der Waals surface area (Å²) in [5.74, 6) is 0. The Morgan fingerprint density at radius 3 is 2.00 bits per heavy atom. The molecular formula is C14H15N. The Hall–Kier alpha value is -1.76. The lowest BCUT2D eigenvalue weighted by atomic mass is 10.0. The van der Waals surface area contributed by atoms with Gasteiger partial charge in [-0.1, -0.05) is 35.9 Å². The lowest BCUT2D eigenvalue weighted by Gasteiger charge is -2.05. The number of rotatable bonds is 1. The Balaban J connectivity index is 2.45. The molecule has 0 saturated heterocycles. The number of anilines is 1. The van der Waals surface area contributed by atoms with Crippen LogP contribution in [0.4, 0.5) is 5.69 Å². The van der Waals surface area contributed by atoms with Gasteiger partial charge < -0.3 is 5.73 Å². The Bertz CT molecular complexity index is 469. The van der Waals surface area contributed by atoms with Gasteiger partial charge in [0.1, 0.15) is 0 Å². The van der Waals surface area contributed by atoms with E-state index in [2.05, 4.69) is 43.3 Å². The van der Waals surface area contributed by atoms with Crippen LogP contribution in [0.15, 0.2) is 42.5 Å². The second-order valence-electron chi connectivity index (χ2n) is 3.94. The normalized spacial score (nSPS) is 10.3. The fourth-order valence-corrected chi connectivity index (χ4v) is 1.60. The molecule has 1 nitrogen and oxygen atoms in total. The van der Waals surface area contributed by atoms with Crippen molar-refractivity contribution in [2.75, 3.05) is 5.73 Å². The number of benzene rings is 2. The summed E-state index contributed by atoms with van der Waals surface area (Å²) in [5, 5.41) is 0. The van der Waals surface area contributed by atoms with E-state index in [0.717, 1.165) is 11.3 Å². The molecule has 0 aromatic heterocycles. The molecule has 76 valence electrons. The van der Waals surface area contributed by atoms with Gasteiger partial charge in [0.05, 0.1) is 0 Å². The smallest absolute Gasteiger partial charge is 0.0344 e. The number of hydrogen-bond acceptors (Lipinski definition) is 1. The lowest BCUT2D eigenvalue weighted by Crippen LogP contribution is -1.89. The molecule has 15 heavy (non-hydrogen) atoms. The van der Waals surface area contributed by atoms with E-state index in [-0.39, 0.29) is 0 Å². The molecule has 0 aliphatic carbocycles. The van der Waals surface area contributed by atoms with E-state index in [1.54, 1.807) is 0 Å². The van der Waals surface area contributed by atoms with Gasteiger partial charge in [-0.2, -0.15) is 0 Å². The summed E-state index contributed by atoms with van der Waals surface area (Å²) in [6, 6.07) is 14.7. The molecule has 2 N–H and O–H groups in total. The highest BCUT2D eigenvalue weighted by Crippen LogP contribution is 2.23. The molecule has 0 spiro atoms. The fraction of sp³-hybridized carbons (Fsp3) is 0.143. The standard InChI is InChI=1S/C14H15N/c1-10-3-5-12(6-4-10)13-7-8-14(15)11(2)9-13/h3-9H,15H2,1-2H3. The predicted molar refractivity (Wildman–Crippen MR) is 65.8 cm³/mol. The summed E-state index contributed by atoms with van der Waals surface area (Å²) in [6.07, 6.45) is 0. The molecule has 0 aliphatic rings. The van der Waals surface area contributed by atoms with Gasteiger partial charge in [0.2, 0.25) is 0 Å². The molecule has 1 heteroatoms. The molecule has 0 bridgehead atoms. The average Bonchev–Trinajstić information content (AvgIpc) is 2.23. The van der Waals surface area contributed by atoms with Crippen LogP contribution in [0.2, 0.25) is 0 Å². The van der Waals surface area contributed by atoms with E-state index < -0.39 is 0 Å². The molecule has 0 heterocycles. The SMILES string of the molecule is Cc1ccc(-c2ccc(N)c(C)c2)cc1. The van der Waals surface area contributed by atoms with E-state index in [4.69, 9.17) is 5.73 Å². The second kappa shape index (κ2) is 3.77. The van der Waals surface area contributed by atoms with Crippen LogP contribution in [-0.4, -0.2) is 0 Å². The summed E-state index contributed by atoms with van der Waals surface area (Å²) < 4.78 is 0. The minimum atomic E-state index is 0.853. The fourth-order valence-electron chi connectivity index (χ4n) is 1.60. The molecule has 0 radical (unpaired) electrons. The maximum atomic E-state index is 5.79. The van der Waals surface area contributed by atoms with Crippen molar-refractivity contribution >= 4 is 5.69 Å². The zero-order chi connectivity index (χ0) is 10.8. The van der Waals surface area contributed by atoms with Gasteiger partial charge >= 0.3 is 0 Å². The third kappa shape index (κ3) is 2.01. The van der Waals surface area contributed by atoms with Crippen LogP contribution in [0.25, 0.3) is 11.1 Å². The van der Waals surface area contributed by atoms with Crippen molar-refractivity contribution in [2.24, 2.45) is 0 Å². The van der Waals surface area contributed by atoms with Gasteiger partial charge in [0.15, 0.2) is 0 Å². The Morgan fingerprint density at radius 1 is 0.800 bits per heavy atom. The molecule has 2 rings (SSSR count). The number of aryl methyl sites for hydroxylation is 2. The van der Waals surface area contributed by atoms with E-state index in [0.29, 0.717) is 0 Å². The van der Waals surface area contributed by atoms with Gasteiger partial charge in [-0.3, -0.25) is 0 Å². The van der Waals surface area contributed by atoms with Crippen LogP contribution in [0.5, 0.6) is 0 Å². The van der Waals surface area contributed by atoms with Gasteiger partial charge in [0, 0.05) is 5.69 Å². The first-order valence-electron chi connectivity index (χ1n) is 5.10. The van der Waals surface area contributed by atoms with Crippen LogP contribution in [0.3, 0.4) is 0 Å². The topological polar surface area (TPSA) is 26.0 Å². The van der Waals surface area contributed by atoms with Crippen LogP contribution in [0, 0.1) is 13.8 Å². The van der Waals surface area contributed by atoms with Crippen molar-refractivity contribution in [3.8, 4) is 11.1 Å². The Kier molecular flexibility index (Phi) is 2.46. The average molecular weight is 197 g/mol. The third-order valence-electron chi connectivity index (χ3n) is 2.65. The molecule has 0 aliphatic heterocycles. The lowest BCUT2D eigenvalue weighted by molar-refractivity contribution is 1.44. The van der Waals surface area contributed by atoms with E-state index in [1.165, 1.54) is 16.7 Å². The maximum absolute atomic E-state index is 5.79. The molecule has 0 unspecified atom stereocenters. The molecule has 2 aromatic rings. The molecule has 2 aromatic carbocycles. The predicted octanol–water partition coefficient (Wildman–Crippen LogP) is 3.55. The van der Waals surface area contributed by atoms with Gasteiger partial charge in [-0.05, 0) is 42.7 Å².